The van der Waals surface area contributed by atoms with Gasteiger partial charge in [0.25, 0.3) is 0 Å². The van der Waals surface area contributed by atoms with E-state index in [-0.39, 0.29) is 17.1 Å². The third-order valence-electron chi connectivity index (χ3n) is 7.94. The van der Waals surface area contributed by atoms with Gasteiger partial charge in [-0.2, -0.15) is 0 Å². The van der Waals surface area contributed by atoms with Crippen LogP contribution in [0.3, 0.4) is 0 Å². The summed E-state index contributed by atoms with van der Waals surface area (Å²) in [5.41, 5.74) is 2.63. The standard InChI is InChI=1S/C32H28ClFN4O4S2/c1-3-36(4-2)22-13-5-18(6-14-22)25-26-27(30(41)38(29(26)40)23-15-9-20(34)10-16-23)43-31-28(25)44-32(42)37(31)17-24(39)35-21-11-7-19(33)8-12-21/h5-16,25-27H,3-4,17H2,1-2H3,(H,35,39)/t25-,26?,27?/m1/s1. The van der Waals surface area contributed by atoms with Crippen molar-refractivity contribution in [3.8, 4) is 0 Å². The number of thiazole rings is 1. The van der Waals surface area contributed by atoms with Gasteiger partial charge in [-0.1, -0.05) is 46.8 Å². The summed E-state index contributed by atoms with van der Waals surface area (Å²) >= 11 is 8.08. The Kier molecular flexibility index (Phi) is 8.36. The largest absolute Gasteiger partial charge is 0.372 e. The molecule has 0 bridgehead atoms. The lowest BCUT2D eigenvalue weighted by molar-refractivity contribution is -0.122. The summed E-state index contributed by atoms with van der Waals surface area (Å²) in [7, 11) is 0. The maximum atomic E-state index is 14.0. The van der Waals surface area contributed by atoms with Crippen LogP contribution in [0.25, 0.3) is 0 Å². The minimum Gasteiger partial charge on any atom is -0.372 e. The van der Waals surface area contributed by atoms with E-state index in [1.807, 2.05) is 24.3 Å². The molecule has 2 aliphatic rings. The third-order valence-corrected chi connectivity index (χ3v) is 10.8. The van der Waals surface area contributed by atoms with Crippen LogP contribution in [-0.4, -0.2) is 40.6 Å². The Labute approximate surface area is 266 Å². The van der Waals surface area contributed by atoms with Gasteiger partial charge in [0.2, 0.25) is 17.7 Å². The molecule has 12 heteroatoms. The summed E-state index contributed by atoms with van der Waals surface area (Å²) < 4.78 is 15.1. The molecule has 0 saturated carbocycles. The average Bonchev–Trinajstić information content (AvgIpc) is 3.46. The Hall–Kier alpha value is -3.93. The molecule has 3 aromatic carbocycles. The van der Waals surface area contributed by atoms with E-state index in [4.69, 9.17) is 11.6 Å². The molecule has 6 rings (SSSR count). The highest BCUT2D eigenvalue weighted by Gasteiger charge is 2.56. The van der Waals surface area contributed by atoms with E-state index in [0.717, 1.165) is 52.3 Å². The lowest BCUT2D eigenvalue weighted by Crippen LogP contribution is -2.33. The highest BCUT2D eigenvalue weighted by molar-refractivity contribution is 8.00. The van der Waals surface area contributed by atoms with Crippen LogP contribution in [0.5, 0.6) is 0 Å². The van der Waals surface area contributed by atoms with Crippen molar-refractivity contribution in [3.05, 3.63) is 104 Å². The molecule has 2 aliphatic heterocycles. The second kappa shape index (κ2) is 12.2. The molecular weight excluding hydrogens is 623 g/mol. The molecule has 3 amide bonds. The quantitative estimate of drug-likeness (QED) is 0.236. The second-order valence-corrected chi connectivity index (χ2v) is 13.0. The minimum absolute atomic E-state index is 0.269. The van der Waals surface area contributed by atoms with Gasteiger partial charge in [-0.05, 0) is 80.1 Å². The first-order valence-corrected chi connectivity index (χ1v) is 16.2. The lowest BCUT2D eigenvalue weighted by atomic mass is 9.83. The number of rotatable bonds is 8. The molecule has 3 heterocycles. The number of hydrogen-bond donors (Lipinski definition) is 1. The number of thioether (sulfide) groups is 1. The SMILES string of the molecule is CCN(CC)c1ccc([C@H]2c3sc(=O)n(CC(=O)Nc4ccc(Cl)cc4)c3SC3C(=O)N(c4ccc(F)cc4)C(=O)C32)cc1. The minimum atomic E-state index is -0.841. The van der Waals surface area contributed by atoms with Gasteiger partial charge in [0.05, 0.1) is 16.6 Å². The lowest BCUT2D eigenvalue weighted by Gasteiger charge is -2.31. The Morgan fingerprint density at radius 1 is 0.932 bits per heavy atom. The number of imide groups is 1. The Morgan fingerprint density at radius 2 is 1.59 bits per heavy atom. The van der Waals surface area contributed by atoms with Crippen molar-refractivity contribution in [2.24, 2.45) is 5.92 Å². The van der Waals surface area contributed by atoms with E-state index in [1.165, 1.54) is 28.8 Å². The number of carbonyl (C=O) groups excluding carboxylic acids is 3. The number of benzene rings is 3. The van der Waals surface area contributed by atoms with Crippen molar-refractivity contribution in [1.29, 1.82) is 0 Å². The summed E-state index contributed by atoms with van der Waals surface area (Å²) in [4.78, 5) is 57.9. The van der Waals surface area contributed by atoms with Gasteiger partial charge in [-0.15, -0.1) is 0 Å². The fourth-order valence-electron chi connectivity index (χ4n) is 5.82. The number of fused-ring (bicyclic) bond motifs is 2. The van der Waals surface area contributed by atoms with Crippen LogP contribution in [0, 0.1) is 11.7 Å². The van der Waals surface area contributed by atoms with E-state index in [2.05, 4.69) is 24.1 Å². The molecule has 2 unspecified atom stereocenters. The van der Waals surface area contributed by atoms with E-state index in [9.17, 15) is 23.6 Å². The van der Waals surface area contributed by atoms with Crippen molar-refractivity contribution < 1.29 is 18.8 Å². The number of hydrogen-bond acceptors (Lipinski definition) is 7. The van der Waals surface area contributed by atoms with Gasteiger partial charge in [-0.3, -0.25) is 23.7 Å². The smallest absolute Gasteiger partial charge is 0.308 e. The van der Waals surface area contributed by atoms with Gasteiger partial charge >= 0.3 is 4.87 Å². The van der Waals surface area contributed by atoms with Gasteiger partial charge in [0.1, 0.15) is 17.6 Å². The highest BCUT2D eigenvalue weighted by atomic mass is 35.5. The van der Waals surface area contributed by atoms with Gasteiger partial charge in [-0.25, -0.2) is 9.29 Å². The normalized spacial score (nSPS) is 19.1. The summed E-state index contributed by atoms with van der Waals surface area (Å²) in [5.74, 6) is -3.13. The van der Waals surface area contributed by atoms with E-state index in [1.54, 1.807) is 24.3 Å². The third kappa shape index (κ3) is 5.44. The van der Waals surface area contributed by atoms with Crippen molar-refractivity contribution in [2.75, 3.05) is 28.2 Å². The number of aromatic nitrogens is 1. The monoisotopic (exact) mass is 650 g/mol. The first-order valence-electron chi connectivity index (χ1n) is 14.1. The van der Waals surface area contributed by atoms with Crippen LogP contribution in [0.4, 0.5) is 21.5 Å². The molecule has 1 aromatic heterocycles. The Bertz CT molecular complexity index is 1790. The summed E-state index contributed by atoms with van der Waals surface area (Å²) in [6.07, 6.45) is 0. The van der Waals surface area contributed by atoms with Crippen LogP contribution < -0.4 is 20.0 Å². The predicted molar refractivity (Wildman–Crippen MR) is 173 cm³/mol. The zero-order valence-corrected chi connectivity index (χ0v) is 26.2. The molecule has 44 heavy (non-hydrogen) atoms. The van der Waals surface area contributed by atoms with Crippen molar-refractivity contribution >= 4 is 69.5 Å². The summed E-state index contributed by atoms with van der Waals surface area (Å²) in [6.45, 7) is 5.53. The molecule has 0 aliphatic carbocycles. The zero-order valence-electron chi connectivity index (χ0n) is 23.8. The number of carbonyl (C=O) groups is 3. The van der Waals surface area contributed by atoms with Crippen molar-refractivity contribution in [2.45, 2.75) is 36.6 Å². The molecule has 0 spiro atoms. The Morgan fingerprint density at radius 3 is 2.23 bits per heavy atom. The van der Waals surface area contributed by atoms with Crippen molar-refractivity contribution in [1.82, 2.24) is 4.57 Å². The fraction of sp³-hybridized carbons (Fsp3) is 0.250. The predicted octanol–water partition coefficient (Wildman–Crippen LogP) is 5.98. The first kappa shape index (κ1) is 30.1. The highest BCUT2D eigenvalue weighted by Crippen LogP contribution is 2.54. The van der Waals surface area contributed by atoms with Crippen LogP contribution in [0.2, 0.25) is 5.02 Å². The average molecular weight is 651 g/mol. The fourth-order valence-corrected chi connectivity index (χ4v) is 8.72. The molecule has 3 atom stereocenters. The number of amides is 3. The summed E-state index contributed by atoms with van der Waals surface area (Å²) in [5, 5.41) is 2.96. The van der Waals surface area contributed by atoms with Gasteiger partial charge < -0.3 is 10.2 Å². The second-order valence-electron chi connectivity index (χ2n) is 10.5. The molecule has 4 aromatic rings. The van der Waals surface area contributed by atoms with Crippen molar-refractivity contribution in [3.63, 3.8) is 0 Å². The summed E-state index contributed by atoms with van der Waals surface area (Å²) in [6, 6.07) is 19.7. The van der Waals surface area contributed by atoms with Crippen LogP contribution in [-0.2, 0) is 20.9 Å². The van der Waals surface area contributed by atoms with Crippen LogP contribution in [0.1, 0.15) is 30.2 Å². The molecule has 0 radical (unpaired) electrons. The van der Waals surface area contributed by atoms with E-state index < -0.39 is 40.6 Å². The van der Waals surface area contributed by atoms with E-state index in [0.29, 0.717) is 20.6 Å². The topological polar surface area (TPSA) is 91.7 Å². The van der Waals surface area contributed by atoms with Gasteiger partial charge in [0.15, 0.2) is 0 Å². The maximum absolute atomic E-state index is 14.0. The number of anilines is 3. The van der Waals surface area contributed by atoms with Gasteiger partial charge in [0, 0.05) is 40.3 Å². The number of nitrogens with one attached hydrogen (secondary N) is 1. The Balaban J connectivity index is 1.41. The molecular formula is C32H28ClFN4O4S2. The van der Waals surface area contributed by atoms with E-state index >= 15 is 0 Å². The number of nitrogens with zero attached hydrogens (tertiary/aromatic N) is 3. The van der Waals surface area contributed by atoms with Crippen LogP contribution in [0.15, 0.2) is 82.6 Å². The number of halogens is 2. The molecule has 1 N–H and O–H groups in total. The molecule has 1 fully saturated rings. The molecule has 8 nitrogen and oxygen atoms in total. The first-order chi connectivity index (χ1) is 21.2. The maximum Gasteiger partial charge on any atom is 0.308 e. The molecule has 226 valence electrons. The molecule has 1 saturated heterocycles. The van der Waals surface area contributed by atoms with Crippen LogP contribution >= 0.6 is 34.7 Å². The zero-order chi connectivity index (χ0) is 31.1.